The number of benzene rings is 1. The zero-order valence-electron chi connectivity index (χ0n) is 13.3. The second-order valence-electron chi connectivity index (χ2n) is 6.57. The molecule has 0 unspecified atom stereocenters. The van der Waals surface area contributed by atoms with Crippen LogP contribution in [0.5, 0.6) is 0 Å². The Kier molecular flexibility index (Phi) is 3.80. The average Bonchev–Trinajstić information content (AvgIpc) is 2.68. The largest absolute Gasteiger partial charge is 0.514 e. The van der Waals surface area contributed by atoms with E-state index in [9.17, 15) is 0 Å². The van der Waals surface area contributed by atoms with E-state index in [0.717, 1.165) is 16.7 Å². The molecule has 1 aromatic heterocycles. The van der Waals surface area contributed by atoms with E-state index in [1.54, 1.807) is 0 Å². The molecule has 0 saturated carbocycles. The van der Waals surface area contributed by atoms with Crippen molar-refractivity contribution in [2.75, 3.05) is 0 Å². The molecule has 0 radical (unpaired) electrons. The van der Waals surface area contributed by atoms with Crippen LogP contribution in [0.15, 0.2) is 42.6 Å². The standard InChI is InChI=1S/C17H19BClNO2/c1-16(2)17(3,4)22-18(21-16)15-9-8-13(11-20-15)12-6-5-7-14(19)10-12/h5-11H,1-4H3. The van der Waals surface area contributed by atoms with Crippen molar-refractivity contribution in [1.82, 2.24) is 4.98 Å². The Balaban J connectivity index is 1.84. The highest BCUT2D eigenvalue weighted by atomic mass is 35.5. The van der Waals surface area contributed by atoms with Gasteiger partial charge in [0, 0.05) is 11.2 Å². The molecule has 2 heterocycles. The maximum atomic E-state index is 6.03. The maximum absolute atomic E-state index is 6.03. The van der Waals surface area contributed by atoms with Crippen LogP contribution in [0.2, 0.25) is 5.02 Å². The van der Waals surface area contributed by atoms with Gasteiger partial charge in [0.1, 0.15) is 0 Å². The van der Waals surface area contributed by atoms with E-state index in [-0.39, 0.29) is 11.2 Å². The van der Waals surface area contributed by atoms with Crippen LogP contribution in [0, 0.1) is 0 Å². The van der Waals surface area contributed by atoms with Crippen LogP contribution in [-0.2, 0) is 9.31 Å². The lowest BCUT2D eigenvalue weighted by molar-refractivity contribution is 0.00578. The Bertz CT molecular complexity index is 669. The lowest BCUT2D eigenvalue weighted by Gasteiger charge is -2.32. The minimum Gasteiger partial charge on any atom is -0.398 e. The van der Waals surface area contributed by atoms with Crippen molar-refractivity contribution in [3.8, 4) is 11.1 Å². The second kappa shape index (κ2) is 5.37. The van der Waals surface area contributed by atoms with Gasteiger partial charge in [-0.15, -0.1) is 0 Å². The van der Waals surface area contributed by atoms with Crippen molar-refractivity contribution in [1.29, 1.82) is 0 Å². The molecule has 1 saturated heterocycles. The molecule has 2 aromatic rings. The summed E-state index contributed by atoms with van der Waals surface area (Å²) in [4.78, 5) is 4.50. The number of aromatic nitrogens is 1. The Labute approximate surface area is 136 Å². The van der Waals surface area contributed by atoms with Crippen molar-refractivity contribution in [2.45, 2.75) is 38.9 Å². The van der Waals surface area contributed by atoms with Crippen molar-refractivity contribution < 1.29 is 9.31 Å². The quantitative estimate of drug-likeness (QED) is 0.792. The van der Waals surface area contributed by atoms with Crippen LogP contribution >= 0.6 is 11.6 Å². The van der Waals surface area contributed by atoms with E-state index >= 15 is 0 Å². The van der Waals surface area contributed by atoms with Gasteiger partial charge in [-0.3, -0.25) is 4.98 Å². The molecule has 1 aromatic carbocycles. The first kappa shape index (κ1) is 15.5. The van der Waals surface area contributed by atoms with Gasteiger partial charge in [0.05, 0.1) is 16.8 Å². The first-order chi connectivity index (χ1) is 10.3. The Morgan fingerprint density at radius 3 is 2.18 bits per heavy atom. The molecule has 0 spiro atoms. The molecular weight excluding hydrogens is 296 g/mol. The lowest BCUT2D eigenvalue weighted by Crippen LogP contribution is -2.41. The number of hydrogen-bond donors (Lipinski definition) is 0. The zero-order chi connectivity index (χ0) is 16.0. The number of rotatable bonds is 2. The molecule has 0 atom stereocenters. The first-order valence-electron chi connectivity index (χ1n) is 7.36. The maximum Gasteiger partial charge on any atom is 0.514 e. The van der Waals surface area contributed by atoms with Gasteiger partial charge in [-0.05, 0) is 57.0 Å². The van der Waals surface area contributed by atoms with Crippen LogP contribution in [0.3, 0.4) is 0 Å². The predicted molar refractivity (Wildman–Crippen MR) is 90.4 cm³/mol. The minimum absolute atomic E-state index is 0.356. The van der Waals surface area contributed by atoms with E-state index < -0.39 is 7.12 Å². The molecule has 1 aliphatic heterocycles. The third kappa shape index (κ3) is 2.79. The summed E-state index contributed by atoms with van der Waals surface area (Å²) >= 11 is 6.03. The zero-order valence-corrected chi connectivity index (χ0v) is 14.0. The molecule has 114 valence electrons. The van der Waals surface area contributed by atoms with Crippen LogP contribution < -0.4 is 5.59 Å². The summed E-state index contributed by atoms with van der Waals surface area (Å²) < 4.78 is 12.0. The monoisotopic (exact) mass is 315 g/mol. The van der Waals surface area contributed by atoms with E-state index in [0.29, 0.717) is 5.02 Å². The van der Waals surface area contributed by atoms with Gasteiger partial charge in [0.2, 0.25) is 0 Å². The minimum atomic E-state index is -0.432. The topological polar surface area (TPSA) is 31.4 Å². The van der Waals surface area contributed by atoms with Gasteiger partial charge in [0.25, 0.3) is 0 Å². The van der Waals surface area contributed by atoms with Crippen molar-refractivity contribution >= 4 is 24.3 Å². The summed E-state index contributed by atoms with van der Waals surface area (Å²) in [5.41, 5.74) is 2.13. The number of nitrogens with zero attached hydrogens (tertiary/aromatic N) is 1. The second-order valence-corrected chi connectivity index (χ2v) is 7.01. The van der Waals surface area contributed by atoms with Gasteiger partial charge >= 0.3 is 7.12 Å². The van der Waals surface area contributed by atoms with Crippen molar-refractivity contribution in [3.05, 3.63) is 47.6 Å². The number of hydrogen-bond acceptors (Lipinski definition) is 3. The molecule has 1 fully saturated rings. The van der Waals surface area contributed by atoms with Gasteiger partial charge in [-0.1, -0.05) is 29.8 Å². The lowest BCUT2D eigenvalue weighted by atomic mass is 9.84. The highest BCUT2D eigenvalue weighted by Gasteiger charge is 2.52. The average molecular weight is 316 g/mol. The van der Waals surface area contributed by atoms with Gasteiger partial charge < -0.3 is 9.31 Å². The normalized spacial score (nSPS) is 19.4. The molecule has 5 heteroatoms. The Morgan fingerprint density at radius 1 is 0.955 bits per heavy atom. The molecular formula is C17H19BClNO2. The van der Waals surface area contributed by atoms with E-state index in [1.165, 1.54) is 0 Å². The van der Waals surface area contributed by atoms with Crippen LogP contribution in [-0.4, -0.2) is 23.3 Å². The van der Waals surface area contributed by atoms with Crippen molar-refractivity contribution in [3.63, 3.8) is 0 Å². The third-order valence-electron chi connectivity index (χ3n) is 4.44. The fourth-order valence-corrected chi connectivity index (χ4v) is 2.54. The summed E-state index contributed by atoms with van der Waals surface area (Å²) in [6.07, 6.45) is 1.83. The Hall–Kier alpha value is -1.36. The third-order valence-corrected chi connectivity index (χ3v) is 4.67. The fraction of sp³-hybridized carbons (Fsp3) is 0.353. The molecule has 22 heavy (non-hydrogen) atoms. The van der Waals surface area contributed by atoms with Crippen LogP contribution in [0.1, 0.15) is 27.7 Å². The Morgan fingerprint density at radius 2 is 1.64 bits per heavy atom. The SMILES string of the molecule is CC1(C)OB(c2ccc(-c3cccc(Cl)c3)cn2)OC1(C)C. The first-order valence-corrected chi connectivity index (χ1v) is 7.74. The molecule has 3 nitrogen and oxygen atoms in total. The fourth-order valence-electron chi connectivity index (χ4n) is 2.35. The highest BCUT2D eigenvalue weighted by Crippen LogP contribution is 2.36. The summed E-state index contributed by atoms with van der Waals surface area (Å²) in [5, 5.41) is 0.715. The molecule has 0 bridgehead atoms. The summed E-state index contributed by atoms with van der Waals surface area (Å²) in [6, 6.07) is 11.7. The molecule has 3 rings (SSSR count). The predicted octanol–water partition coefficient (Wildman–Crippen LogP) is 3.70. The van der Waals surface area contributed by atoms with E-state index in [4.69, 9.17) is 20.9 Å². The van der Waals surface area contributed by atoms with Gasteiger partial charge in [-0.25, -0.2) is 0 Å². The summed E-state index contributed by atoms with van der Waals surface area (Å²) in [7, 11) is -0.432. The number of pyridine rings is 1. The van der Waals surface area contributed by atoms with Gasteiger partial charge in [-0.2, -0.15) is 0 Å². The molecule has 0 aliphatic carbocycles. The van der Waals surface area contributed by atoms with Crippen LogP contribution in [0.25, 0.3) is 11.1 Å². The number of halogens is 1. The van der Waals surface area contributed by atoms with Crippen LogP contribution in [0.4, 0.5) is 0 Å². The highest BCUT2D eigenvalue weighted by molar-refractivity contribution is 6.61. The smallest absolute Gasteiger partial charge is 0.398 e. The summed E-state index contributed by atoms with van der Waals surface area (Å²) in [6.45, 7) is 8.14. The molecule has 0 amide bonds. The van der Waals surface area contributed by atoms with Gasteiger partial charge in [0.15, 0.2) is 0 Å². The van der Waals surface area contributed by atoms with Crippen molar-refractivity contribution in [2.24, 2.45) is 0 Å². The summed E-state index contributed by atoms with van der Waals surface area (Å²) in [5.74, 6) is 0. The van der Waals surface area contributed by atoms with E-state index in [2.05, 4.69) is 4.98 Å². The molecule has 0 N–H and O–H groups in total. The molecule has 1 aliphatic rings. The van der Waals surface area contributed by atoms with E-state index in [1.807, 2.05) is 70.3 Å².